The molecule has 126 valence electrons. The zero-order valence-corrected chi connectivity index (χ0v) is 15.3. The summed E-state index contributed by atoms with van der Waals surface area (Å²) >= 11 is 2.75. The highest BCUT2D eigenvalue weighted by molar-refractivity contribution is 7.99. The first kappa shape index (κ1) is 16.0. The Morgan fingerprint density at radius 2 is 2.16 bits per heavy atom. The van der Waals surface area contributed by atoms with Gasteiger partial charge in [0.2, 0.25) is 4.96 Å². The van der Waals surface area contributed by atoms with Gasteiger partial charge in [-0.3, -0.25) is 9.79 Å². The fraction of sp³-hybridized carbons (Fsp3) is 0.176. The molecule has 0 radical (unpaired) electrons. The number of para-hydroxylation sites is 1. The SMILES string of the molecule is CCSc1nsc2nc(=O)c(C=C3C(C)=Nc4ccccc43)c(N)n12. The minimum absolute atomic E-state index is 0.348. The molecular formula is C17H15N5OS2. The van der Waals surface area contributed by atoms with Crippen molar-refractivity contribution in [2.24, 2.45) is 4.99 Å². The van der Waals surface area contributed by atoms with Crippen molar-refractivity contribution >= 4 is 57.1 Å². The summed E-state index contributed by atoms with van der Waals surface area (Å²) in [7, 11) is 0. The van der Waals surface area contributed by atoms with Crippen LogP contribution in [0.5, 0.6) is 0 Å². The third-order valence-corrected chi connectivity index (χ3v) is 5.60. The summed E-state index contributed by atoms with van der Waals surface area (Å²) in [5.74, 6) is 1.23. The number of rotatable bonds is 3. The van der Waals surface area contributed by atoms with E-state index in [-0.39, 0.29) is 5.56 Å². The maximum absolute atomic E-state index is 12.5. The maximum Gasteiger partial charge on any atom is 0.283 e. The van der Waals surface area contributed by atoms with Gasteiger partial charge >= 0.3 is 0 Å². The van der Waals surface area contributed by atoms with E-state index in [1.54, 1.807) is 22.2 Å². The van der Waals surface area contributed by atoms with E-state index in [0.29, 0.717) is 16.3 Å². The summed E-state index contributed by atoms with van der Waals surface area (Å²) in [5.41, 5.74) is 10.0. The standard InChI is InChI=1S/C17H15N5OS2/c1-3-24-17-21-25-16-20-15(23)12(14(18)22(16)17)8-11-9(2)19-13-7-5-4-6-10(11)13/h4-8H,3,18H2,1-2H3. The van der Waals surface area contributed by atoms with E-state index in [1.807, 2.05) is 38.1 Å². The first-order valence-electron chi connectivity index (χ1n) is 7.77. The molecule has 3 heterocycles. The molecule has 1 aliphatic rings. The molecule has 0 saturated carbocycles. The van der Waals surface area contributed by atoms with Gasteiger partial charge < -0.3 is 5.73 Å². The Labute approximate surface area is 152 Å². The maximum atomic E-state index is 12.5. The lowest BCUT2D eigenvalue weighted by molar-refractivity contribution is 0.951. The van der Waals surface area contributed by atoms with Crippen molar-refractivity contribution in [2.45, 2.75) is 19.0 Å². The topological polar surface area (TPSA) is 85.6 Å². The minimum atomic E-state index is -0.348. The van der Waals surface area contributed by atoms with Gasteiger partial charge in [-0.05, 0) is 24.8 Å². The minimum Gasteiger partial charge on any atom is -0.384 e. The van der Waals surface area contributed by atoms with E-state index >= 15 is 0 Å². The highest BCUT2D eigenvalue weighted by atomic mass is 32.2. The van der Waals surface area contributed by atoms with E-state index in [0.717, 1.165) is 33.4 Å². The zero-order chi connectivity index (χ0) is 17.6. The largest absolute Gasteiger partial charge is 0.384 e. The van der Waals surface area contributed by atoms with E-state index in [9.17, 15) is 4.79 Å². The molecule has 8 heteroatoms. The van der Waals surface area contributed by atoms with Crippen molar-refractivity contribution in [1.29, 1.82) is 0 Å². The average molecular weight is 369 g/mol. The van der Waals surface area contributed by atoms with Crippen LogP contribution in [-0.2, 0) is 0 Å². The third-order valence-electron chi connectivity index (χ3n) is 3.97. The molecule has 0 amide bonds. The molecule has 0 atom stereocenters. The number of nitrogens with two attached hydrogens (primary N) is 1. The number of benzene rings is 1. The van der Waals surface area contributed by atoms with Crippen LogP contribution in [0.15, 0.2) is 39.2 Å². The lowest BCUT2D eigenvalue weighted by atomic mass is 10.0. The first-order valence-corrected chi connectivity index (χ1v) is 9.53. The molecule has 6 nitrogen and oxygen atoms in total. The number of aliphatic imine (C=N–C) groups is 1. The molecule has 4 rings (SSSR count). The van der Waals surface area contributed by atoms with Gasteiger partial charge in [0.1, 0.15) is 5.82 Å². The third kappa shape index (κ3) is 2.58. The molecule has 1 aromatic carbocycles. The second kappa shape index (κ2) is 6.12. The van der Waals surface area contributed by atoms with Crippen LogP contribution in [0.1, 0.15) is 25.0 Å². The smallest absolute Gasteiger partial charge is 0.283 e. The molecule has 3 aromatic rings. The Morgan fingerprint density at radius 3 is 2.96 bits per heavy atom. The van der Waals surface area contributed by atoms with Crippen LogP contribution in [-0.4, -0.2) is 25.2 Å². The number of allylic oxidation sites excluding steroid dienone is 1. The van der Waals surface area contributed by atoms with E-state index in [4.69, 9.17) is 5.73 Å². The van der Waals surface area contributed by atoms with Crippen LogP contribution in [0.4, 0.5) is 11.5 Å². The molecule has 0 saturated heterocycles. The van der Waals surface area contributed by atoms with Crippen LogP contribution < -0.4 is 11.3 Å². The van der Waals surface area contributed by atoms with Gasteiger partial charge in [0, 0.05) is 28.4 Å². The Morgan fingerprint density at radius 1 is 1.36 bits per heavy atom. The Bertz CT molecular complexity index is 1110. The molecule has 1 aliphatic heterocycles. The Balaban J connectivity index is 1.95. The molecule has 25 heavy (non-hydrogen) atoms. The molecular weight excluding hydrogens is 354 g/mol. The molecule has 0 bridgehead atoms. The predicted octanol–water partition coefficient (Wildman–Crippen LogP) is 3.49. The average Bonchev–Trinajstić information content (AvgIpc) is 3.12. The van der Waals surface area contributed by atoms with Gasteiger partial charge in [-0.15, -0.1) is 0 Å². The van der Waals surface area contributed by atoms with Crippen molar-refractivity contribution in [2.75, 3.05) is 11.5 Å². The van der Waals surface area contributed by atoms with E-state index in [2.05, 4.69) is 14.3 Å². The monoisotopic (exact) mass is 369 g/mol. The van der Waals surface area contributed by atoms with Gasteiger partial charge in [0.05, 0.1) is 11.3 Å². The quantitative estimate of drug-likeness (QED) is 0.714. The van der Waals surface area contributed by atoms with Crippen LogP contribution in [0.25, 0.3) is 16.6 Å². The second-order valence-corrected chi connectivity index (χ2v) is 7.47. The van der Waals surface area contributed by atoms with Gasteiger partial charge in [-0.1, -0.05) is 36.9 Å². The zero-order valence-electron chi connectivity index (χ0n) is 13.7. The van der Waals surface area contributed by atoms with Gasteiger partial charge in [-0.25, -0.2) is 4.40 Å². The lowest BCUT2D eigenvalue weighted by Crippen LogP contribution is -2.16. The first-order chi connectivity index (χ1) is 12.1. The fourth-order valence-electron chi connectivity index (χ4n) is 2.81. The Kier molecular flexibility index (Phi) is 3.93. The predicted molar refractivity (Wildman–Crippen MR) is 105 cm³/mol. The molecule has 0 fully saturated rings. The van der Waals surface area contributed by atoms with E-state index in [1.165, 1.54) is 11.5 Å². The summed E-state index contributed by atoms with van der Waals surface area (Å²) in [6.07, 6.45) is 1.79. The molecule has 0 unspecified atom stereocenters. The summed E-state index contributed by atoms with van der Waals surface area (Å²) < 4.78 is 6.10. The van der Waals surface area contributed by atoms with Crippen LogP contribution in [0.3, 0.4) is 0 Å². The van der Waals surface area contributed by atoms with Crippen LogP contribution in [0, 0.1) is 0 Å². The number of thioether (sulfide) groups is 1. The normalized spacial score (nSPS) is 15.0. The molecule has 2 aromatic heterocycles. The van der Waals surface area contributed by atoms with Gasteiger partial charge in [0.15, 0.2) is 5.16 Å². The number of nitrogen functional groups attached to an aromatic ring is 1. The number of fused-ring (bicyclic) bond motifs is 2. The van der Waals surface area contributed by atoms with Crippen molar-refractivity contribution in [3.05, 3.63) is 45.7 Å². The van der Waals surface area contributed by atoms with E-state index < -0.39 is 0 Å². The molecule has 2 N–H and O–H groups in total. The van der Waals surface area contributed by atoms with Crippen molar-refractivity contribution < 1.29 is 0 Å². The van der Waals surface area contributed by atoms with Crippen molar-refractivity contribution in [3.8, 4) is 0 Å². The lowest BCUT2D eigenvalue weighted by Gasteiger charge is -2.07. The summed E-state index contributed by atoms with van der Waals surface area (Å²) in [6.45, 7) is 3.97. The highest BCUT2D eigenvalue weighted by Gasteiger charge is 2.20. The highest BCUT2D eigenvalue weighted by Crippen LogP contribution is 2.36. The molecule has 0 spiro atoms. The summed E-state index contributed by atoms with van der Waals surface area (Å²) in [4.78, 5) is 21.7. The summed E-state index contributed by atoms with van der Waals surface area (Å²) in [5, 5.41) is 0.754. The summed E-state index contributed by atoms with van der Waals surface area (Å²) in [6, 6.07) is 7.85. The van der Waals surface area contributed by atoms with Crippen molar-refractivity contribution in [3.63, 3.8) is 0 Å². The van der Waals surface area contributed by atoms with Gasteiger partial charge in [0.25, 0.3) is 5.56 Å². The fourth-order valence-corrected chi connectivity index (χ4v) is 4.40. The Hall–Kier alpha value is -2.45. The van der Waals surface area contributed by atoms with Crippen LogP contribution in [0.2, 0.25) is 0 Å². The number of aromatic nitrogens is 3. The number of hydrogen-bond acceptors (Lipinski definition) is 7. The second-order valence-electron chi connectivity index (χ2n) is 5.50. The van der Waals surface area contributed by atoms with Gasteiger partial charge in [-0.2, -0.15) is 9.36 Å². The van der Waals surface area contributed by atoms with Crippen molar-refractivity contribution in [1.82, 2.24) is 13.8 Å². The number of nitrogens with zero attached hydrogens (tertiary/aromatic N) is 4. The molecule has 0 aliphatic carbocycles. The number of hydrogen-bond donors (Lipinski definition) is 1. The number of anilines is 1. The van der Waals surface area contributed by atoms with Crippen LogP contribution >= 0.6 is 23.3 Å².